The first-order valence-electron chi connectivity index (χ1n) is 6.55. The van der Waals surface area contributed by atoms with Crippen LogP contribution in [0.5, 0.6) is 0 Å². The van der Waals surface area contributed by atoms with Crippen LogP contribution in [0.15, 0.2) is 10.3 Å². The number of ether oxygens (including phenoxy) is 1. The molecule has 0 spiro atoms. The molecular weight excluding hydrogens is 298 g/mol. The number of carbonyl (C=O) groups excluding carboxylic acids is 1. The fourth-order valence-electron chi connectivity index (χ4n) is 2.34. The summed E-state index contributed by atoms with van der Waals surface area (Å²) in [5.41, 5.74) is 0.573. The maximum absolute atomic E-state index is 12.5. The monoisotopic (exact) mass is 317 g/mol. The van der Waals surface area contributed by atoms with Crippen molar-refractivity contribution in [2.24, 2.45) is 5.92 Å². The van der Waals surface area contributed by atoms with Gasteiger partial charge in [0, 0.05) is 6.04 Å². The molecule has 0 aliphatic heterocycles. The molecule has 0 radical (unpaired) electrons. The zero-order valence-corrected chi connectivity index (χ0v) is 13.4. The number of sulfonamides is 1. The summed E-state index contributed by atoms with van der Waals surface area (Å²) in [6.07, 6.45) is 3.26. The average molecular weight is 317 g/mol. The lowest BCUT2D eigenvalue weighted by atomic mass is 9.81. The largest absolute Gasteiger partial charge is 0.465 e. The van der Waals surface area contributed by atoms with E-state index in [1.165, 1.54) is 7.11 Å². The summed E-state index contributed by atoms with van der Waals surface area (Å²) in [5, 5.41) is 1.66. The van der Waals surface area contributed by atoms with Crippen molar-refractivity contribution >= 4 is 27.3 Å². The molecule has 0 aromatic carbocycles. The van der Waals surface area contributed by atoms with E-state index >= 15 is 0 Å². The van der Waals surface area contributed by atoms with Crippen molar-refractivity contribution in [3.63, 3.8) is 0 Å². The molecule has 7 heteroatoms. The zero-order chi connectivity index (χ0) is 14.9. The number of rotatable bonds is 5. The first-order valence-corrected chi connectivity index (χ1v) is 8.92. The Labute approximate surface area is 123 Å². The molecule has 20 heavy (non-hydrogen) atoms. The van der Waals surface area contributed by atoms with Gasteiger partial charge in [-0.05, 0) is 43.6 Å². The van der Waals surface area contributed by atoms with E-state index < -0.39 is 16.0 Å². The van der Waals surface area contributed by atoms with Crippen molar-refractivity contribution < 1.29 is 17.9 Å². The zero-order valence-electron chi connectivity index (χ0n) is 11.8. The molecule has 1 unspecified atom stereocenters. The standard InChI is InChI=1S/C13H19NO4S2/c1-8-7-19-11(13(15)18-3)12(8)20(16,17)14-9(2)10-5-4-6-10/h7,9-10,14H,4-6H2,1-3H3. The van der Waals surface area contributed by atoms with Gasteiger partial charge in [-0.25, -0.2) is 17.9 Å². The van der Waals surface area contributed by atoms with Crippen LogP contribution in [-0.2, 0) is 14.8 Å². The van der Waals surface area contributed by atoms with Gasteiger partial charge >= 0.3 is 5.97 Å². The molecule has 0 saturated heterocycles. The third-order valence-corrected chi connectivity index (χ3v) is 6.71. The Morgan fingerprint density at radius 3 is 2.65 bits per heavy atom. The van der Waals surface area contributed by atoms with Crippen LogP contribution < -0.4 is 4.72 Å². The number of aryl methyl sites for hydroxylation is 1. The Morgan fingerprint density at radius 1 is 1.50 bits per heavy atom. The molecule has 112 valence electrons. The quantitative estimate of drug-likeness (QED) is 0.846. The van der Waals surface area contributed by atoms with E-state index in [4.69, 9.17) is 0 Å². The Morgan fingerprint density at radius 2 is 2.15 bits per heavy atom. The fraction of sp³-hybridized carbons (Fsp3) is 0.615. The molecule has 1 aromatic rings. The highest BCUT2D eigenvalue weighted by Crippen LogP contribution is 2.32. The van der Waals surface area contributed by atoms with Crippen molar-refractivity contribution in [2.45, 2.75) is 44.0 Å². The summed E-state index contributed by atoms with van der Waals surface area (Å²) in [5.74, 6) is -0.218. The van der Waals surface area contributed by atoms with Gasteiger partial charge in [-0.2, -0.15) is 0 Å². The third-order valence-electron chi connectivity index (χ3n) is 3.76. The SMILES string of the molecule is COC(=O)c1scc(C)c1S(=O)(=O)NC(C)C1CCC1. The molecule has 1 saturated carbocycles. The second kappa shape index (κ2) is 5.83. The highest BCUT2D eigenvalue weighted by Gasteiger charge is 2.32. The van der Waals surface area contributed by atoms with Gasteiger partial charge < -0.3 is 4.74 Å². The van der Waals surface area contributed by atoms with Crippen molar-refractivity contribution in [2.75, 3.05) is 7.11 Å². The molecule has 1 aromatic heterocycles. The number of carbonyl (C=O) groups is 1. The van der Waals surface area contributed by atoms with Crippen LogP contribution >= 0.6 is 11.3 Å². The summed E-state index contributed by atoms with van der Waals surface area (Å²) in [7, 11) is -2.45. The number of nitrogens with one attached hydrogen (secondary N) is 1. The molecule has 0 amide bonds. The van der Waals surface area contributed by atoms with Gasteiger partial charge in [0.15, 0.2) is 0 Å². The maximum Gasteiger partial charge on any atom is 0.349 e. The molecule has 5 nitrogen and oxygen atoms in total. The van der Waals surface area contributed by atoms with Crippen molar-refractivity contribution in [3.8, 4) is 0 Å². The van der Waals surface area contributed by atoms with Gasteiger partial charge in [0.25, 0.3) is 0 Å². The number of hydrogen-bond donors (Lipinski definition) is 1. The second-order valence-corrected chi connectivity index (χ2v) is 7.70. The molecule has 1 heterocycles. The van der Waals surface area contributed by atoms with E-state index in [1.807, 2.05) is 6.92 Å². The Kier molecular flexibility index (Phi) is 4.51. The van der Waals surface area contributed by atoms with Crippen LogP contribution in [0.4, 0.5) is 0 Å². The van der Waals surface area contributed by atoms with Gasteiger partial charge in [0.1, 0.15) is 9.77 Å². The molecular formula is C13H19NO4S2. The lowest BCUT2D eigenvalue weighted by molar-refractivity contribution is 0.0602. The third kappa shape index (κ3) is 2.89. The van der Waals surface area contributed by atoms with E-state index in [9.17, 15) is 13.2 Å². The Bertz CT molecular complexity index is 602. The number of hydrogen-bond acceptors (Lipinski definition) is 5. The van der Waals surface area contributed by atoms with Crippen LogP contribution in [0, 0.1) is 12.8 Å². The predicted octanol–water partition coefficient (Wildman–Crippen LogP) is 2.31. The lowest BCUT2D eigenvalue weighted by Gasteiger charge is -2.31. The highest BCUT2D eigenvalue weighted by molar-refractivity contribution is 7.89. The molecule has 1 aliphatic rings. The fourth-order valence-corrected chi connectivity index (χ4v) is 5.36. The molecule has 1 fully saturated rings. The van der Waals surface area contributed by atoms with Crippen molar-refractivity contribution in [1.82, 2.24) is 4.72 Å². The summed E-state index contributed by atoms with van der Waals surface area (Å²) in [6, 6.07) is -0.112. The van der Waals surface area contributed by atoms with Gasteiger partial charge in [-0.3, -0.25) is 0 Å². The van der Waals surface area contributed by atoms with Gasteiger partial charge in [0.05, 0.1) is 7.11 Å². The first-order chi connectivity index (χ1) is 9.36. The van der Waals surface area contributed by atoms with Crippen molar-refractivity contribution in [3.05, 3.63) is 15.8 Å². The number of methoxy groups -OCH3 is 1. The summed E-state index contributed by atoms with van der Waals surface area (Å²) in [4.78, 5) is 11.9. The minimum absolute atomic E-state index is 0.0560. The lowest BCUT2D eigenvalue weighted by Crippen LogP contribution is -2.41. The van der Waals surface area contributed by atoms with E-state index in [0.717, 1.165) is 30.6 Å². The molecule has 0 bridgehead atoms. The Hall–Kier alpha value is -0.920. The molecule has 1 N–H and O–H groups in total. The van der Waals surface area contributed by atoms with E-state index in [-0.39, 0.29) is 15.8 Å². The Balaban J connectivity index is 2.29. The van der Waals surface area contributed by atoms with Gasteiger partial charge in [-0.1, -0.05) is 6.42 Å². The van der Waals surface area contributed by atoms with Crippen LogP contribution in [0.3, 0.4) is 0 Å². The first kappa shape index (κ1) is 15.5. The summed E-state index contributed by atoms with van der Waals surface area (Å²) >= 11 is 1.10. The van der Waals surface area contributed by atoms with Crippen LogP contribution in [0.2, 0.25) is 0 Å². The smallest absolute Gasteiger partial charge is 0.349 e. The summed E-state index contributed by atoms with van der Waals surface area (Å²) in [6.45, 7) is 3.56. The normalized spacial score (nSPS) is 17.6. The van der Waals surface area contributed by atoms with Crippen LogP contribution in [0.25, 0.3) is 0 Å². The molecule has 2 rings (SSSR count). The van der Waals surface area contributed by atoms with E-state index in [1.54, 1.807) is 12.3 Å². The highest BCUT2D eigenvalue weighted by atomic mass is 32.2. The summed E-state index contributed by atoms with van der Waals surface area (Å²) < 4.78 is 32.3. The van der Waals surface area contributed by atoms with Crippen molar-refractivity contribution in [1.29, 1.82) is 0 Å². The minimum atomic E-state index is -3.69. The van der Waals surface area contributed by atoms with Gasteiger partial charge in [0.2, 0.25) is 10.0 Å². The van der Waals surface area contributed by atoms with E-state index in [2.05, 4.69) is 9.46 Å². The minimum Gasteiger partial charge on any atom is -0.465 e. The van der Waals surface area contributed by atoms with Gasteiger partial charge in [-0.15, -0.1) is 11.3 Å². The molecule has 1 aliphatic carbocycles. The second-order valence-electron chi connectivity index (χ2n) is 5.17. The average Bonchev–Trinajstić information content (AvgIpc) is 2.67. The van der Waals surface area contributed by atoms with Crippen LogP contribution in [-0.4, -0.2) is 27.5 Å². The van der Waals surface area contributed by atoms with E-state index in [0.29, 0.717) is 11.5 Å². The molecule has 1 atom stereocenters. The maximum atomic E-state index is 12.5. The topological polar surface area (TPSA) is 72.5 Å². The predicted molar refractivity (Wildman–Crippen MR) is 77.5 cm³/mol. The van der Waals surface area contributed by atoms with Crippen LogP contribution in [0.1, 0.15) is 41.4 Å². The number of thiophene rings is 1. The number of esters is 1.